The second kappa shape index (κ2) is 13.0. The van der Waals surface area contributed by atoms with Crippen LogP contribution in [0.15, 0.2) is 54.6 Å². The van der Waals surface area contributed by atoms with Gasteiger partial charge in [-0.1, -0.05) is 23.7 Å². The van der Waals surface area contributed by atoms with E-state index in [0.29, 0.717) is 0 Å². The molecule has 2 N–H and O–H groups in total. The molecule has 0 radical (unpaired) electrons. The summed E-state index contributed by atoms with van der Waals surface area (Å²) in [7, 11) is 1.34. The zero-order valence-corrected chi connectivity index (χ0v) is 23.1. The number of hydrogen-bond acceptors (Lipinski definition) is 6. The number of ether oxygens (including phenoxy) is 2. The van der Waals surface area contributed by atoms with Crippen LogP contribution in [0.2, 0.25) is 5.02 Å². The number of benzene rings is 3. The van der Waals surface area contributed by atoms with Crippen molar-refractivity contribution in [2.75, 3.05) is 13.7 Å². The van der Waals surface area contributed by atoms with Crippen LogP contribution in [0.4, 0.5) is 17.6 Å². The number of carbonyl (C=O) groups is 2. The molecule has 8 nitrogen and oxygen atoms in total. The van der Waals surface area contributed by atoms with E-state index in [1.807, 2.05) is 6.07 Å². The summed E-state index contributed by atoms with van der Waals surface area (Å²) in [4.78, 5) is 28.6. The molecule has 0 unspecified atom stereocenters. The monoisotopic (exact) mass is 615 g/mol. The van der Waals surface area contributed by atoms with Gasteiger partial charge in [-0.25, -0.2) is 9.37 Å². The summed E-state index contributed by atoms with van der Waals surface area (Å²) in [6.45, 7) is -0.385. The van der Waals surface area contributed by atoms with E-state index in [0.717, 1.165) is 12.1 Å². The Morgan fingerprint density at radius 1 is 1.12 bits per heavy atom. The minimum Gasteiger partial charge on any atom is -0.496 e. The molecule has 0 saturated heterocycles. The molecular formula is C30H22ClF4N3O5. The highest BCUT2D eigenvalue weighted by Gasteiger charge is 2.33. The Hall–Kier alpha value is -4.89. The molecule has 0 aliphatic carbocycles. The van der Waals surface area contributed by atoms with Crippen LogP contribution in [0.1, 0.15) is 39.9 Å². The fourth-order valence-electron chi connectivity index (χ4n) is 4.34. The first-order valence-electron chi connectivity index (χ1n) is 12.6. The number of hydrogen-bond donors (Lipinski definition) is 2. The van der Waals surface area contributed by atoms with Crippen LogP contribution < -0.4 is 14.8 Å². The van der Waals surface area contributed by atoms with Gasteiger partial charge >= 0.3 is 12.1 Å². The molecule has 3 aromatic carbocycles. The van der Waals surface area contributed by atoms with Gasteiger partial charge < -0.3 is 19.9 Å². The Labute approximate surface area is 247 Å². The molecule has 1 heterocycles. The molecule has 0 saturated carbocycles. The Bertz CT molecular complexity index is 1760. The lowest BCUT2D eigenvalue weighted by molar-refractivity contribution is -0.137. The summed E-state index contributed by atoms with van der Waals surface area (Å²) in [5.74, 6) is -2.28. The van der Waals surface area contributed by atoms with E-state index in [1.165, 1.54) is 49.6 Å². The van der Waals surface area contributed by atoms with Crippen molar-refractivity contribution in [2.45, 2.75) is 25.6 Å². The minimum atomic E-state index is -4.70. The summed E-state index contributed by atoms with van der Waals surface area (Å²) < 4.78 is 66.1. The molecule has 0 atom stereocenters. The van der Waals surface area contributed by atoms with Crippen molar-refractivity contribution < 1.29 is 41.7 Å². The van der Waals surface area contributed by atoms with Crippen molar-refractivity contribution in [3.05, 3.63) is 87.7 Å². The smallest absolute Gasteiger partial charge is 0.417 e. The molecule has 4 aromatic rings. The molecule has 4 rings (SSSR count). The number of nitrogens with one attached hydrogen (secondary N) is 1. The zero-order chi connectivity index (χ0) is 31.3. The molecule has 0 fully saturated rings. The Morgan fingerprint density at radius 3 is 2.53 bits per heavy atom. The molecule has 1 amide bonds. The SMILES string of the molecule is COc1cccc(F)c1CNC(=O)c1cc(-c2nc3cccc(C(F)(F)F)c3cc2C#N)c(Cl)cc1OCCCC(=O)O. The first-order chi connectivity index (χ1) is 20.4. The average Bonchev–Trinajstić information content (AvgIpc) is 2.96. The van der Waals surface area contributed by atoms with Crippen molar-refractivity contribution in [1.82, 2.24) is 10.3 Å². The number of rotatable bonds is 10. The predicted octanol–water partition coefficient (Wildman–Crippen LogP) is 6.77. The topological polar surface area (TPSA) is 122 Å². The van der Waals surface area contributed by atoms with Gasteiger partial charge in [-0.15, -0.1) is 0 Å². The van der Waals surface area contributed by atoms with Crippen LogP contribution in [0.5, 0.6) is 11.5 Å². The molecule has 1 aromatic heterocycles. The molecule has 0 bridgehead atoms. The van der Waals surface area contributed by atoms with Crippen LogP contribution in [0.3, 0.4) is 0 Å². The largest absolute Gasteiger partial charge is 0.496 e. The van der Waals surface area contributed by atoms with Crippen LogP contribution >= 0.6 is 11.6 Å². The number of aromatic nitrogens is 1. The first kappa shape index (κ1) is 31.1. The number of fused-ring (bicyclic) bond motifs is 1. The zero-order valence-electron chi connectivity index (χ0n) is 22.4. The lowest BCUT2D eigenvalue weighted by atomic mass is 9.99. The third-order valence-electron chi connectivity index (χ3n) is 6.37. The molecule has 13 heteroatoms. The van der Waals surface area contributed by atoms with Crippen LogP contribution in [-0.2, 0) is 17.5 Å². The number of alkyl halides is 3. The van der Waals surface area contributed by atoms with E-state index in [1.54, 1.807) is 0 Å². The number of aliphatic carboxylic acids is 1. The van der Waals surface area contributed by atoms with Crippen molar-refractivity contribution in [1.29, 1.82) is 5.26 Å². The maximum atomic E-state index is 14.5. The number of carboxylic acid groups (broad SMARTS) is 1. The van der Waals surface area contributed by atoms with Crippen molar-refractivity contribution in [3.63, 3.8) is 0 Å². The van der Waals surface area contributed by atoms with E-state index in [-0.39, 0.29) is 81.4 Å². The second-order valence-electron chi connectivity index (χ2n) is 9.14. The number of amides is 1. The van der Waals surface area contributed by atoms with E-state index >= 15 is 0 Å². The number of methoxy groups -OCH3 is 1. The first-order valence-corrected chi connectivity index (χ1v) is 13.0. The summed E-state index contributed by atoms with van der Waals surface area (Å²) in [5.41, 5.74) is -1.36. The molecule has 222 valence electrons. The Balaban J connectivity index is 1.80. The standard InChI is InChI=1S/C30H22ClF4N3O5/c1-42-25-8-3-6-23(32)20(25)15-37-29(41)19-12-18(22(31)13-26(19)43-10-4-9-27(39)40)28-16(14-36)11-17-21(30(33,34)35)5-2-7-24(17)38-28/h2-3,5-8,11-13H,4,9-10,15H2,1H3,(H,37,41)(H,39,40). The Morgan fingerprint density at radius 2 is 1.86 bits per heavy atom. The quantitative estimate of drug-likeness (QED) is 0.149. The number of carbonyl (C=O) groups excluding carboxylic acids is 1. The van der Waals surface area contributed by atoms with Gasteiger partial charge in [0.25, 0.3) is 5.91 Å². The van der Waals surface area contributed by atoms with E-state index in [2.05, 4.69) is 10.3 Å². The van der Waals surface area contributed by atoms with E-state index in [9.17, 15) is 32.4 Å². The van der Waals surface area contributed by atoms with Gasteiger partial charge in [0, 0.05) is 35.5 Å². The summed E-state index contributed by atoms with van der Waals surface area (Å²) in [6, 6.07) is 13.0. The Kier molecular flexibility index (Phi) is 9.36. The molecule has 0 aliphatic heterocycles. The van der Waals surface area contributed by atoms with Crippen LogP contribution in [-0.4, -0.2) is 35.7 Å². The van der Waals surface area contributed by atoms with E-state index in [4.69, 9.17) is 26.2 Å². The molecular weight excluding hydrogens is 594 g/mol. The molecule has 43 heavy (non-hydrogen) atoms. The summed E-state index contributed by atoms with van der Waals surface area (Å²) in [5, 5.41) is 21.0. The maximum Gasteiger partial charge on any atom is 0.417 e. The van der Waals surface area contributed by atoms with E-state index < -0.39 is 29.4 Å². The summed E-state index contributed by atoms with van der Waals surface area (Å²) in [6.07, 6.45) is -4.79. The fourth-order valence-corrected chi connectivity index (χ4v) is 4.58. The maximum absolute atomic E-state index is 14.5. The highest BCUT2D eigenvalue weighted by atomic mass is 35.5. The average molecular weight is 616 g/mol. The van der Waals surface area contributed by atoms with Gasteiger partial charge in [0.2, 0.25) is 0 Å². The van der Waals surface area contributed by atoms with Gasteiger partial charge in [0.1, 0.15) is 23.4 Å². The normalized spacial score (nSPS) is 11.2. The van der Waals surface area contributed by atoms with Crippen LogP contribution in [0, 0.1) is 17.1 Å². The number of pyridine rings is 1. The number of halogens is 5. The minimum absolute atomic E-state index is 0.0454. The summed E-state index contributed by atoms with van der Waals surface area (Å²) >= 11 is 6.52. The highest BCUT2D eigenvalue weighted by Crippen LogP contribution is 2.39. The number of nitriles is 1. The van der Waals surface area contributed by atoms with Gasteiger partial charge in [-0.05, 0) is 42.8 Å². The third-order valence-corrected chi connectivity index (χ3v) is 6.68. The second-order valence-corrected chi connectivity index (χ2v) is 9.55. The van der Waals surface area contributed by atoms with Gasteiger partial charge in [-0.2, -0.15) is 18.4 Å². The van der Waals surface area contributed by atoms with Crippen LogP contribution in [0.25, 0.3) is 22.2 Å². The lowest BCUT2D eigenvalue weighted by Gasteiger charge is -2.17. The van der Waals surface area contributed by atoms with Gasteiger partial charge in [0.15, 0.2) is 0 Å². The third kappa shape index (κ3) is 6.95. The highest BCUT2D eigenvalue weighted by molar-refractivity contribution is 6.33. The van der Waals surface area contributed by atoms with Crippen molar-refractivity contribution in [3.8, 4) is 28.8 Å². The fraction of sp³-hybridized carbons (Fsp3) is 0.200. The molecule has 0 spiro atoms. The number of nitrogens with zero attached hydrogens (tertiary/aromatic N) is 2. The van der Waals surface area contributed by atoms with Gasteiger partial charge in [0.05, 0.1) is 46.6 Å². The molecule has 0 aliphatic rings. The van der Waals surface area contributed by atoms with Crippen molar-refractivity contribution in [2.24, 2.45) is 0 Å². The van der Waals surface area contributed by atoms with Gasteiger partial charge in [-0.3, -0.25) is 9.59 Å². The predicted molar refractivity (Wildman–Crippen MR) is 148 cm³/mol. The van der Waals surface area contributed by atoms with Crippen molar-refractivity contribution >= 4 is 34.4 Å². The number of carboxylic acids is 1. The lowest BCUT2D eigenvalue weighted by Crippen LogP contribution is -2.24.